The van der Waals surface area contributed by atoms with Gasteiger partial charge in [0.15, 0.2) is 0 Å². The molecule has 0 aliphatic heterocycles. The maximum atomic E-state index is 10.9. The molecule has 2 aromatic rings. The third-order valence-corrected chi connectivity index (χ3v) is 3.40. The van der Waals surface area contributed by atoms with Crippen LogP contribution in [0.15, 0.2) is 23.6 Å². The van der Waals surface area contributed by atoms with Gasteiger partial charge in [-0.3, -0.25) is 0 Å². The zero-order valence-electron chi connectivity index (χ0n) is 9.23. The first kappa shape index (κ1) is 11.1. The van der Waals surface area contributed by atoms with Gasteiger partial charge in [-0.25, -0.2) is 4.79 Å². The first-order valence-corrected chi connectivity index (χ1v) is 5.84. The fourth-order valence-corrected chi connectivity index (χ4v) is 2.61. The van der Waals surface area contributed by atoms with Crippen LogP contribution in [-0.4, -0.2) is 30.1 Å². The summed E-state index contributed by atoms with van der Waals surface area (Å²) in [7, 11) is 4.01. The molecule has 0 radical (unpaired) electrons. The monoisotopic (exact) mass is 235 g/mol. The van der Waals surface area contributed by atoms with Crippen LogP contribution in [-0.2, 0) is 6.54 Å². The Kier molecular flexibility index (Phi) is 2.94. The van der Waals surface area contributed by atoms with E-state index in [4.69, 9.17) is 5.11 Å². The molecule has 0 aliphatic rings. The number of carboxylic acids is 1. The Morgan fingerprint density at radius 1 is 1.44 bits per heavy atom. The van der Waals surface area contributed by atoms with Gasteiger partial charge in [0, 0.05) is 11.2 Å². The van der Waals surface area contributed by atoms with Crippen LogP contribution in [0, 0.1) is 0 Å². The maximum Gasteiger partial charge on any atom is 0.335 e. The third kappa shape index (κ3) is 2.08. The molecule has 0 saturated heterocycles. The second-order valence-electron chi connectivity index (χ2n) is 4.01. The number of rotatable bonds is 3. The molecule has 0 aliphatic carbocycles. The van der Waals surface area contributed by atoms with Crippen molar-refractivity contribution in [1.82, 2.24) is 4.90 Å². The Morgan fingerprint density at radius 2 is 2.19 bits per heavy atom. The van der Waals surface area contributed by atoms with Crippen LogP contribution < -0.4 is 0 Å². The molecule has 1 heterocycles. The van der Waals surface area contributed by atoms with Gasteiger partial charge in [0.05, 0.1) is 5.56 Å². The molecule has 1 N–H and O–H groups in total. The highest BCUT2D eigenvalue weighted by Crippen LogP contribution is 2.27. The summed E-state index contributed by atoms with van der Waals surface area (Å²) in [5.41, 5.74) is 1.54. The second kappa shape index (κ2) is 4.23. The fraction of sp³-hybridized carbons (Fsp3) is 0.250. The quantitative estimate of drug-likeness (QED) is 0.889. The number of hydrogen-bond donors (Lipinski definition) is 1. The van der Waals surface area contributed by atoms with E-state index in [2.05, 4.69) is 10.3 Å². The molecule has 2 rings (SSSR count). The van der Waals surface area contributed by atoms with Crippen LogP contribution in [0.2, 0.25) is 0 Å². The van der Waals surface area contributed by atoms with Crippen LogP contribution in [0.1, 0.15) is 15.9 Å². The van der Waals surface area contributed by atoms with E-state index < -0.39 is 5.97 Å². The van der Waals surface area contributed by atoms with Gasteiger partial charge in [-0.05, 0) is 48.6 Å². The van der Waals surface area contributed by atoms with E-state index in [0.29, 0.717) is 5.56 Å². The van der Waals surface area contributed by atoms with Gasteiger partial charge >= 0.3 is 5.97 Å². The smallest absolute Gasteiger partial charge is 0.335 e. The van der Waals surface area contributed by atoms with Crippen molar-refractivity contribution >= 4 is 27.4 Å². The topological polar surface area (TPSA) is 40.5 Å². The molecule has 3 nitrogen and oxygen atoms in total. The number of aromatic carboxylic acids is 1. The minimum Gasteiger partial charge on any atom is -0.478 e. The summed E-state index contributed by atoms with van der Waals surface area (Å²) in [4.78, 5) is 13.0. The number of nitrogens with zero attached hydrogens (tertiary/aromatic N) is 1. The van der Waals surface area contributed by atoms with E-state index in [1.165, 1.54) is 5.56 Å². The summed E-state index contributed by atoms with van der Waals surface area (Å²) in [6, 6.07) is 5.29. The van der Waals surface area contributed by atoms with Crippen molar-refractivity contribution in [1.29, 1.82) is 0 Å². The number of thiophene rings is 1. The van der Waals surface area contributed by atoms with Gasteiger partial charge in [0.25, 0.3) is 0 Å². The first-order valence-electron chi connectivity index (χ1n) is 4.96. The first-order chi connectivity index (χ1) is 7.58. The van der Waals surface area contributed by atoms with Crippen LogP contribution in [0.3, 0.4) is 0 Å². The summed E-state index contributed by atoms with van der Waals surface area (Å²) in [5, 5.41) is 12.1. The van der Waals surface area contributed by atoms with Crippen molar-refractivity contribution in [2.45, 2.75) is 6.54 Å². The summed E-state index contributed by atoms with van der Waals surface area (Å²) in [5.74, 6) is -0.871. The lowest BCUT2D eigenvalue weighted by molar-refractivity contribution is 0.0697. The number of hydrogen-bond acceptors (Lipinski definition) is 3. The molecule has 0 saturated carbocycles. The Labute approximate surface area is 97.9 Å². The normalized spacial score (nSPS) is 11.2. The van der Waals surface area contributed by atoms with Crippen LogP contribution >= 0.6 is 11.3 Å². The fourth-order valence-electron chi connectivity index (χ4n) is 1.68. The molecule has 0 fully saturated rings. The van der Waals surface area contributed by atoms with Crippen molar-refractivity contribution in [2.24, 2.45) is 0 Å². The molecule has 0 amide bonds. The molecule has 16 heavy (non-hydrogen) atoms. The van der Waals surface area contributed by atoms with Crippen molar-refractivity contribution in [3.05, 3.63) is 34.7 Å². The van der Waals surface area contributed by atoms with Gasteiger partial charge in [0.1, 0.15) is 0 Å². The minimum atomic E-state index is -0.871. The van der Waals surface area contributed by atoms with Crippen molar-refractivity contribution < 1.29 is 9.90 Å². The van der Waals surface area contributed by atoms with E-state index >= 15 is 0 Å². The van der Waals surface area contributed by atoms with Gasteiger partial charge in [-0.1, -0.05) is 0 Å². The molecule has 4 heteroatoms. The van der Waals surface area contributed by atoms with E-state index in [1.54, 1.807) is 23.5 Å². The number of benzene rings is 1. The third-order valence-electron chi connectivity index (χ3n) is 2.39. The molecule has 1 aromatic heterocycles. The standard InChI is InChI=1S/C12H13NO2S/c1-13(2)6-9-7-16-11-4-3-8(12(14)15)5-10(9)11/h3-5,7H,6H2,1-2H3,(H,14,15). The van der Waals surface area contributed by atoms with Gasteiger partial charge in [-0.15, -0.1) is 11.3 Å². The molecule has 0 atom stereocenters. The molecule has 1 aromatic carbocycles. The van der Waals surface area contributed by atoms with Crippen LogP contribution in [0.4, 0.5) is 0 Å². The molecule has 0 spiro atoms. The number of carboxylic acid groups (broad SMARTS) is 1. The number of fused-ring (bicyclic) bond motifs is 1. The largest absolute Gasteiger partial charge is 0.478 e. The highest BCUT2D eigenvalue weighted by atomic mass is 32.1. The summed E-state index contributed by atoms with van der Waals surface area (Å²) < 4.78 is 1.14. The summed E-state index contributed by atoms with van der Waals surface area (Å²) in [6.45, 7) is 0.836. The molecule has 84 valence electrons. The minimum absolute atomic E-state index is 0.353. The average Bonchev–Trinajstić information content (AvgIpc) is 2.60. The van der Waals surface area contributed by atoms with Gasteiger partial charge in [-0.2, -0.15) is 0 Å². The van der Waals surface area contributed by atoms with Crippen LogP contribution in [0.25, 0.3) is 10.1 Å². The van der Waals surface area contributed by atoms with E-state index in [-0.39, 0.29) is 0 Å². The number of carbonyl (C=O) groups is 1. The lowest BCUT2D eigenvalue weighted by Gasteiger charge is -2.08. The highest BCUT2D eigenvalue weighted by molar-refractivity contribution is 7.17. The lowest BCUT2D eigenvalue weighted by atomic mass is 10.1. The molecule has 0 bridgehead atoms. The predicted octanol–water partition coefficient (Wildman–Crippen LogP) is 2.66. The SMILES string of the molecule is CN(C)Cc1csc2ccc(C(=O)O)cc12. The zero-order chi connectivity index (χ0) is 11.7. The van der Waals surface area contributed by atoms with Gasteiger partial charge in [0.2, 0.25) is 0 Å². The Hall–Kier alpha value is -1.39. The molecular weight excluding hydrogens is 222 g/mol. The van der Waals surface area contributed by atoms with Crippen molar-refractivity contribution in [2.75, 3.05) is 14.1 Å². The molecular formula is C12H13NO2S. The Morgan fingerprint density at radius 3 is 2.81 bits per heavy atom. The van der Waals surface area contributed by atoms with E-state index in [0.717, 1.165) is 16.6 Å². The lowest BCUT2D eigenvalue weighted by Crippen LogP contribution is -2.10. The maximum absolute atomic E-state index is 10.9. The van der Waals surface area contributed by atoms with Crippen molar-refractivity contribution in [3.8, 4) is 0 Å². The van der Waals surface area contributed by atoms with Crippen LogP contribution in [0.5, 0.6) is 0 Å². The molecule has 0 unspecified atom stereocenters. The average molecular weight is 235 g/mol. The van der Waals surface area contributed by atoms with Gasteiger partial charge < -0.3 is 10.0 Å². The highest BCUT2D eigenvalue weighted by Gasteiger charge is 2.08. The van der Waals surface area contributed by atoms with E-state index in [9.17, 15) is 4.79 Å². The van der Waals surface area contributed by atoms with E-state index in [1.807, 2.05) is 20.2 Å². The van der Waals surface area contributed by atoms with Crippen molar-refractivity contribution in [3.63, 3.8) is 0 Å². The predicted molar refractivity (Wildman–Crippen MR) is 66.2 cm³/mol. The Bertz CT molecular complexity index is 531. The summed E-state index contributed by atoms with van der Waals surface area (Å²) >= 11 is 1.66. The second-order valence-corrected chi connectivity index (χ2v) is 4.93. The summed E-state index contributed by atoms with van der Waals surface area (Å²) in [6.07, 6.45) is 0. The Balaban J connectivity index is 2.51. The zero-order valence-corrected chi connectivity index (χ0v) is 10.0.